The second-order valence-corrected chi connectivity index (χ2v) is 6.32. The van der Waals surface area contributed by atoms with Crippen molar-refractivity contribution in [3.63, 3.8) is 0 Å². The minimum absolute atomic E-state index is 0.175. The third-order valence-corrected chi connectivity index (χ3v) is 4.22. The summed E-state index contributed by atoms with van der Waals surface area (Å²) in [6, 6.07) is 0. The summed E-state index contributed by atoms with van der Waals surface area (Å²) in [5.74, 6) is 0. The van der Waals surface area contributed by atoms with Gasteiger partial charge in [0.1, 0.15) is 5.31 Å². The van der Waals surface area contributed by atoms with Gasteiger partial charge in [-0.2, -0.15) is 0 Å². The molecule has 0 aliphatic rings. The van der Waals surface area contributed by atoms with Crippen molar-refractivity contribution in [2.45, 2.75) is 47.1 Å². The van der Waals surface area contributed by atoms with Crippen LogP contribution in [0, 0.1) is 0 Å². The minimum Gasteiger partial charge on any atom is -0.385 e. The monoisotopic (exact) mass is 262 g/mol. The lowest BCUT2D eigenvalue weighted by Gasteiger charge is -2.26. The Morgan fingerprint density at radius 3 is 1.88 bits per heavy atom. The normalized spacial score (nSPS) is 12.2. The molecule has 0 spiro atoms. The topological polar surface area (TPSA) is 55.8 Å². The van der Waals surface area contributed by atoms with E-state index in [0.717, 1.165) is 5.57 Å². The van der Waals surface area contributed by atoms with Gasteiger partial charge < -0.3 is 14.2 Å². The second-order valence-electron chi connectivity index (χ2n) is 4.37. The molecular formula is C12H23O4P. The molecule has 0 aromatic heterocycles. The van der Waals surface area contributed by atoms with E-state index in [-0.39, 0.29) is 18.5 Å². The molecule has 100 valence electrons. The van der Waals surface area contributed by atoms with E-state index in [9.17, 15) is 9.67 Å². The Balaban J connectivity index is 5.74. The van der Waals surface area contributed by atoms with Crippen LogP contribution in [0.2, 0.25) is 0 Å². The lowest BCUT2D eigenvalue weighted by Crippen LogP contribution is -2.23. The van der Waals surface area contributed by atoms with E-state index in [1.165, 1.54) is 0 Å². The molecule has 4 nitrogen and oxygen atoms in total. The molecule has 0 saturated carbocycles. The molecule has 5 heteroatoms. The van der Waals surface area contributed by atoms with Gasteiger partial charge >= 0.3 is 7.60 Å². The van der Waals surface area contributed by atoms with E-state index >= 15 is 0 Å². The van der Waals surface area contributed by atoms with Gasteiger partial charge in [-0.05, 0) is 47.1 Å². The van der Waals surface area contributed by atoms with Gasteiger partial charge in [-0.25, -0.2) is 0 Å². The first-order valence-corrected chi connectivity index (χ1v) is 7.28. The van der Waals surface area contributed by atoms with E-state index in [1.54, 1.807) is 27.7 Å². The van der Waals surface area contributed by atoms with E-state index in [2.05, 4.69) is 5.73 Å². The van der Waals surface area contributed by atoms with Gasteiger partial charge in [-0.15, -0.1) is 5.73 Å². The quantitative estimate of drug-likeness (QED) is 0.588. The molecule has 1 N–H and O–H groups in total. The Labute approximate surface area is 104 Å². The van der Waals surface area contributed by atoms with Crippen LogP contribution in [0.4, 0.5) is 0 Å². The number of rotatable bonds is 6. The Morgan fingerprint density at radius 1 is 1.24 bits per heavy atom. The smallest absolute Gasteiger partial charge is 0.367 e. The molecule has 0 bridgehead atoms. The van der Waals surface area contributed by atoms with Crippen LogP contribution < -0.4 is 0 Å². The van der Waals surface area contributed by atoms with Crippen molar-refractivity contribution in [3.8, 4) is 0 Å². The Bertz CT molecular complexity index is 345. The van der Waals surface area contributed by atoms with Crippen LogP contribution in [0.15, 0.2) is 16.6 Å². The van der Waals surface area contributed by atoms with Crippen molar-refractivity contribution in [1.29, 1.82) is 0 Å². The van der Waals surface area contributed by atoms with Crippen molar-refractivity contribution in [3.05, 3.63) is 16.6 Å². The zero-order valence-corrected chi connectivity index (χ0v) is 12.4. The Morgan fingerprint density at radius 2 is 1.65 bits per heavy atom. The third-order valence-electron chi connectivity index (χ3n) is 1.82. The number of hydrogen-bond donors (Lipinski definition) is 1. The molecule has 0 saturated heterocycles. The van der Waals surface area contributed by atoms with Crippen LogP contribution in [-0.4, -0.2) is 23.9 Å². The van der Waals surface area contributed by atoms with Crippen molar-refractivity contribution >= 4 is 7.60 Å². The molecule has 0 aliphatic carbocycles. The third kappa shape index (κ3) is 5.20. The first-order chi connectivity index (χ1) is 7.67. The van der Waals surface area contributed by atoms with Gasteiger partial charge in [0.25, 0.3) is 0 Å². The predicted octanol–water partition coefficient (Wildman–Crippen LogP) is 3.47. The van der Waals surface area contributed by atoms with E-state index in [1.807, 2.05) is 13.8 Å². The second kappa shape index (κ2) is 6.53. The highest BCUT2D eigenvalue weighted by atomic mass is 31.2. The molecule has 0 amide bonds. The van der Waals surface area contributed by atoms with Crippen LogP contribution in [0.3, 0.4) is 0 Å². The maximum absolute atomic E-state index is 12.6. The summed E-state index contributed by atoms with van der Waals surface area (Å²) in [5.41, 5.74) is 2.41. The first kappa shape index (κ1) is 16.6. The van der Waals surface area contributed by atoms with Crippen LogP contribution in [0.25, 0.3) is 0 Å². The fourth-order valence-corrected chi connectivity index (χ4v) is 3.34. The zero-order chi connectivity index (χ0) is 13.7. The largest absolute Gasteiger partial charge is 0.385 e. The minimum atomic E-state index is -3.47. The van der Waals surface area contributed by atoms with Gasteiger partial charge in [-0.3, -0.25) is 4.57 Å². The molecule has 0 aromatic rings. The van der Waals surface area contributed by atoms with Crippen molar-refractivity contribution < 1.29 is 18.7 Å². The SMILES string of the molecule is CCOP(=O)(OCC)C(=C=C(C)C)C(C)(C)O. The maximum atomic E-state index is 12.6. The molecule has 0 aliphatic heterocycles. The van der Waals surface area contributed by atoms with Crippen LogP contribution >= 0.6 is 7.60 Å². The standard InChI is InChI=1S/C12H23O4P/c1-7-15-17(14,16-8-2)11(9-10(3)4)12(5,6)13/h13H,7-8H2,1-6H3. The van der Waals surface area contributed by atoms with Crippen LogP contribution in [0.5, 0.6) is 0 Å². The summed E-state index contributed by atoms with van der Waals surface area (Å²) < 4.78 is 23.0. The summed E-state index contributed by atoms with van der Waals surface area (Å²) in [5, 5.41) is 10.2. The van der Waals surface area contributed by atoms with Gasteiger partial charge in [0.15, 0.2) is 0 Å². The maximum Gasteiger partial charge on any atom is 0.367 e. The number of hydrogen-bond acceptors (Lipinski definition) is 4. The summed E-state index contributed by atoms with van der Waals surface area (Å²) in [6.45, 7) is 10.7. The zero-order valence-electron chi connectivity index (χ0n) is 11.5. The summed E-state index contributed by atoms with van der Waals surface area (Å²) in [7, 11) is -3.47. The molecule has 0 radical (unpaired) electrons. The molecule has 0 fully saturated rings. The van der Waals surface area contributed by atoms with Crippen molar-refractivity contribution in [2.24, 2.45) is 0 Å². The highest BCUT2D eigenvalue weighted by Gasteiger charge is 2.39. The van der Waals surface area contributed by atoms with E-state index in [4.69, 9.17) is 9.05 Å². The van der Waals surface area contributed by atoms with Gasteiger partial charge in [0.2, 0.25) is 0 Å². The molecule has 0 heterocycles. The van der Waals surface area contributed by atoms with Crippen molar-refractivity contribution in [2.75, 3.05) is 13.2 Å². The summed E-state index contributed by atoms with van der Waals surface area (Å²) in [6.07, 6.45) is 0. The average Bonchev–Trinajstić information content (AvgIpc) is 2.13. The van der Waals surface area contributed by atoms with Crippen LogP contribution in [-0.2, 0) is 13.6 Å². The van der Waals surface area contributed by atoms with Crippen molar-refractivity contribution in [1.82, 2.24) is 0 Å². The number of aliphatic hydroxyl groups is 1. The van der Waals surface area contributed by atoms with Crippen LogP contribution in [0.1, 0.15) is 41.5 Å². The lowest BCUT2D eigenvalue weighted by atomic mass is 10.1. The van der Waals surface area contributed by atoms with E-state index in [0.29, 0.717) is 0 Å². The molecular weight excluding hydrogens is 239 g/mol. The molecule has 0 unspecified atom stereocenters. The Hall–Kier alpha value is -0.370. The van der Waals surface area contributed by atoms with Gasteiger partial charge in [-0.1, -0.05) is 0 Å². The van der Waals surface area contributed by atoms with Gasteiger partial charge in [0, 0.05) is 0 Å². The average molecular weight is 262 g/mol. The predicted molar refractivity (Wildman–Crippen MR) is 69.0 cm³/mol. The Kier molecular flexibility index (Phi) is 6.39. The highest BCUT2D eigenvalue weighted by Crippen LogP contribution is 2.59. The summed E-state index contributed by atoms with van der Waals surface area (Å²) >= 11 is 0. The molecule has 17 heavy (non-hydrogen) atoms. The van der Waals surface area contributed by atoms with Gasteiger partial charge in [0.05, 0.1) is 18.8 Å². The molecule has 0 rings (SSSR count). The summed E-state index contributed by atoms with van der Waals surface area (Å²) in [4.78, 5) is 0. The van der Waals surface area contributed by atoms with E-state index < -0.39 is 13.2 Å². The fourth-order valence-electron chi connectivity index (χ4n) is 1.30. The lowest BCUT2D eigenvalue weighted by molar-refractivity contribution is 0.118. The fraction of sp³-hybridized carbons (Fsp3) is 0.750. The molecule has 0 aromatic carbocycles. The molecule has 0 atom stereocenters. The first-order valence-electron chi connectivity index (χ1n) is 5.74. The highest BCUT2D eigenvalue weighted by molar-refractivity contribution is 7.58.